The average molecular weight is 479 g/mol. The molecule has 4 aromatic rings. The molecule has 1 saturated carbocycles. The summed E-state index contributed by atoms with van der Waals surface area (Å²) < 4.78 is 39.9. The van der Waals surface area contributed by atoms with E-state index in [1.54, 1.807) is 11.3 Å². The Kier molecular flexibility index (Phi) is 6.50. The fraction of sp³-hybridized carbons (Fsp3) is 0.286. The minimum absolute atomic E-state index is 0.236. The summed E-state index contributed by atoms with van der Waals surface area (Å²) in [4.78, 5) is 9.75. The molecule has 3 aromatic carbocycles. The van der Waals surface area contributed by atoms with E-state index in [-0.39, 0.29) is 18.8 Å². The number of thiazole rings is 1. The number of benzene rings is 3. The second-order valence-electron chi connectivity index (χ2n) is 8.92. The Labute approximate surface area is 201 Å². The second kappa shape index (κ2) is 9.71. The topological polar surface area (TPSA) is 25.2 Å². The van der Waals surface area contributed by atoms with Crippen molar-refractivity contribution in [3.63, 3.8) is 0 Å². The molecule has 0 bridgehead atoms. The first-order valence-electron chi connectivity index (χ1n) is 11.6. The van der Waals surface area contributed by atoms with Crippen molar-refractivity contribution in [1.82, 2.24) is 4.98 Å². The minimum Gasteiger partial charge on any atom is -0.248 e. The highest BCUT2D eigenvalue weighted by Gasteiger charge is 2.41. The Bertz CT molecular complexity index is 1230. The van der Waals surface area contributed by atoms with Gasteiger partial charge in [0.25, 0.3) is 0 Å². The first kappa shape index (κ1) is 22.8. The van der Waals surface area contributed by atoms with Gasteiger partial charge in [0.05, 0.1) is 32.5 Å². The third-order valence-electron chi connectivity index (χ3n) is 6.52. The van der Waals surface area contributed by atoms with Crippen LogP contribution in [0.25, 0.3) is 10.2 Å². The van der Waals surface area contributed by atoms with Crippen molar-refractivity contribution in [2.75, 3.05) is 0 Å². The number of halogens is 3. The maximum Gasteiger partial charge on any atom is 0.391 e. The lowest BCUT2D eigenvalue weighted by atomic mass is 9.80. The standard InChI is InChI=1S/C28H25F3N2S/c29-28(30,31)22-13-11-19(12-14-22)17-26-33-24-16-15-23(18-25(24)34-26)32-27(20-7-3-1-4-8-20)21-9-5-2-6-10-21/h1-10,15-16,18-19,22H,11-14,17H2. The zero-order chi connectivity index (χ0) is 23.5. The normalized spacial score (nSPS) is 18.7. The van der Waals surface area contributed by atoms with Crippen LogP contribution in [-0.4, -0.2) is 16.9 Å². The molecule has 0 radical (unpaired) electrons. The van der Waals surface area contributed by atoms with Gasteiger partial charge in [0.15, 0.2) is 0 Å². The fourth-order valence-electron chi connectivity index (χ4n) is 4.68. The minimum atomic E-state index is -4.06. The van der Waals surface area contributed by atoms with E-state index in [1.807, 2.05) is 48.5 Å². The van der Waals surface area contributed by atoms with Crippen molar-refractivity contribution < 1.29 is 13.2 Å². The maximum atomic E-state index is 13.0. The summed E-state index contributed by atoms with van der Waals surface area (Å²) in [5.41, 5.74) is 4.79. The molecule has 0 aliphatic heterocycles. The molecule has 0 amide bonds. The Morgan fingerprint density at radius 2 is 1.47 bits per heavy atom. The van der Waals surface area contributed by atoms with E-state index in [2.05, 4.69) is 30.3 Å². The summed E-state index contributed by atoms with van der Waals surface area (Å²) in [7, 11) is 0. The van der Waals surface area contributed by atoms with E-state index in [0.717, 1.165) is 44.2 Å². The zero-order valence-corrected chi connectivity index (χ0v) is 19.4. The Morgan fingerprint density at radius 1 is 0.853 bits per heavy atom. The highest BCUT2D eigenvalue weighted by molar-refractivity contribution is 7.18. The number of fused-ring (bicyclic) bond motifs is 1. The van der Waals surface area contributed by atoms with Crippen molar-refractivity contribution in [1.29, 1.82) is 0 Å². The Hall–Kier alpha value is -2.99. The Morgan fingerprint density at radius 3 is 2.06 bits per heavy atom. The van der Waals surface area contributed by atoms with E-state index in [0.29, 0.717) is 12.8 Å². The molecular weight excluding hydrogens is 453 g/mol. The molecule has 1 fully saturated rings. The SMILES string of the molecule is FC(F)(F)C1CCC(Cc2nc3ccc(N=C(c4ccccc4)c4ccccc4)cc3s2)CC1. The molecule has 0 atom stereocenters. The van der Waals surface area contributed by atoms with Crippen LogP contribution in [0.15, 0.2) is 83.9 Å². The van der Waals surface area contributed by atoms with Crippen LogP contribution in [0.4, 0.5) is 18.9 Å². The van der Waals surface area contributed by atoms with E-state index in [4.69, 9.17) is 9.98 Å². The van der Waals surface area contributed by atoms with Crippen LogP contribution in [0.5, 0.6) is 0 Å². The van der Waals surface area contributed by atoms with Gasteiger partial charge in [-0.3, -0.25) is 0 Å². The van der Waals surface area contributed by atoms with Crippen LogP contribution in [0.3, 0.4) is 0 Å². The average Bonchev–Trinajstić information content (AvgIpc) is 3.25. The number of rotatable bonds is 5. The van der Waals surface area contributed by atoms with Crippen LogP contribution in [0, 0.1) is 11.8 Å². The van der Waals surface area contributed by atoms with Gasteiger partial charge in [-0.2, -0.15) is 13.2 Å². The first-order chi connectivity index (χ1) is 16.5. The number of nitrogens with zero attached hydrogens (tertiary/aromatic N) is 2. The summed E-state index contributed by atoms with van der Waals surface area (Å²) >= 11 is 1.63. The van der Waals surface area contributed by atoms with Gasteiger partial charge in [-0.1, -0.05) is 60.7 Å². The van der Waals surface area contributed by atoms with Crippen molar-refractivity contribution in [2.24, 2.45) is 16.8 Å². The lowest BCUT2D eigenvalue weighted by molar-refractivity contribution is -0.183. The highest BCUT2D eigenvalue weighted by Crippen LogP contribution is 2.41. The molecule has 1 aliphatic carbocycles. The van der Waals surface area contributed by atoms with E-state index in [9.17, 15) is 13.2 Å². The van der Waals surface area contributed by atoms with Gasteiger partial charge in [-0.05, 0) is 49.8 Å². The van der Waals surface area contributed by atoms with Gasteiger partial charge in [0, 0.05) is 17.5 Å². The molecule has 34 heavy (non-hydrogen) atoms. The number of hydrogen-bond donors (Lipinski definition) is 0. The van der Waals surface area contributed by atoms with Crippen LogP contribution >= 0.6 is 11.3 Å². The second-order valence-corrected chi connectivity index (χ2v) is 10.0. The molecule has 1 heterocycles. The number of hydrogen-bond acceptors (Lipinski definition) is 3. The Balaban J connectivity index is 1.38. The highest BCUT2D eigenvalue weighted by atomic mass is 32.1. The van der Waals surface area contributed by atoms with E-state index >= 15 is 0 Å². The van der Waals surface area contributed by atoms with Gasteiger partial charge >= 0.3 is 6.18 Å². The van der Waals surface area contributed by atoms with Gasteiger partial charge < -0.3 is 0 Å². The number of alkyl halides is 3. The first-order valence-corrected chi connectivity index (χ1v) is 12.4. The third-order valence-corrected chi connectivity index (χ3v) is 7.57. The molecule has 174 valence electrons. The van der Waals surface area contributed by atoms with Crippen LogP contribution < -0.4 is 0 Å². The summed E-state index contributed by atoms with van der Waals surface area (Å²) in [6.07, 6.45) is -1.60. The smallest absolute Gasteiger partial charge is 0.248 e. The molecule has 2 nitrogen and oxygen atoms in total. The number of aliphatic imine (C=N–C) groups is 1. The molecule has 0 unspecified atom stereocenters. The predicted molar refractivity (Wildman–Crippen MR) is 133 cm³/mol. The summed E-state index contributed by atoms with van der Waals surface area (Å²) in [5.74, 6) is -0.859. The lowest BCUT2D eigenvalue weighted by Crippen LogP contribution is -2.28. The van der Waals surface area contributed by atoms with Gasteiger partial charge in [0.2, 0.25) is 0 Å². The van der Waals surface area contributed by atoms with Crippen molar-refractivity contribution in [3.8, 4) is 0 Å². The van der Waals surface area contributed by atoms with E-state index < -0.39 is 12.1 Å². The van der Waals surface area contributed by atoms with Crippen LogP contribution in [-0.2, 0) is 6.42 Å². The van der Waals surface area contributed by atoms with Crippen molar-refractivity contribution >= 4 is 33.0 Å². The van der Waals surface area contributed by atoms with Crippen LogP contribution in [0.2, 0.25) is 0 Å². The van der Waals surface area contributed by atoms with Gasteiger partial charge in [0.1, 0.15) is 0 Å². The van der Waals surface area contributed by atoms with Crippen LogP contribution in [0.1, 0.15) is 41.8 Å². The summed E-state index contributed by atoms with van der Waals surface area (Å²) in [6, 6.07) is 26.3. The van der Waals surface area contributed by atoms with Gasteiger partial charge in [-0.25, -0.2) is 9.98 Å². The quantitative estimate of drug-likeness (QED) is 0.265. The summed E-state index contributed by atoms with van der Waals surface area (Å²) in [6.45, 7) is 0. The molecular formula is C28H25F3N2S. The lowest BCUT2D eigenvalue weighted by Gasteiger charge is -2.29. The molecule has 0 spiro atoms. The fourth-order valence-corrected chi connectivity index (χ4v) is 5.79. The predicted octanol–water partition coefficient (Wildman–Crippen LogP) is 8.38. The molecule has 1 aliphatic rings. The zero-order valence-electron chi connectivity index (χ0n) is 18.6. The maximum absolute atomic E-state index is 13.0. The van der Waals surface area contributed by atoms with Crippen molar-refractivity contribution in [2.45, 2.75) is 38.3 Å². The molecule has 5 rings (SSSR count). The molecule has 0 saturated heterocycles. The van der Waals surface area contributed by atoms with Crippen molar-refractivity contribution in [3.05, 3.63) is 95.0 Å². The monoisotopic (exact) mass is 478 g/mol. The number of aromatic nitrogens is 1. The molecule has 0 N–H and O–H groups in total. The van der Waals surface area contributed by atoms with Gasteiger partial charge in [-0.15, -0.1) is 11.3 Å². The molecule has 1 aromatic heterocycles. The third kappa shape index (κ3) is 5.22. The molecule has 6 heteroatoms. The van der Waals surface area contributed by atoms with E-state index in [1.165, 1.54) is 0 Å². The largest absolute Gasteiger partial charge is 0.391 e. The summed E-state index contributed by atoms with van der Waals surface area (Å²) in [5, 5.41) is 0.998.